The summed E-state index contributed by atoms with van der Waals surface area (Å²) in [6.07, 6.45) is 0. The zero-order valence-electron chi connectivity index (χ0n) is 15.3. The zero-order chi connectivity index (χ0) is 19.4. The summed E-state index contributed by atoms with van der Waals surface area (Å²) in [6.45, 7) is 4.54. The van der Waals surface area contributed by atoms with Crippen LogP contribution >= 0.6 is 0 Å². The van der Waals surface area contributed by atoms with Crippen LogP contribution in [0.1, 0.15) is 30.0 Å². The average molecular weight is 386 g/mol. The fraction of sp³-hybridized carbons (Fsp3) is 0.263. The predicted octanol–water partition coefficient (Wildman–Crippen LogP) is 2.52. The van der Waals surface area contributed by atoms with E-state index >= 15 is 0 Å². The second-order valence-corrected chi connectivity index (χ2v) is 7.94. The molecule has 1 aromatic heterocycles. The van der Waals surface area contributed by atoms with Crippen molar-refractivity contribution in [1.29, 1.82) is 0 Å². The van der Waals surface area contributed by atoms with E-state index in [1.165, 1.54) is 16.4 Å². The van der Waals surface area contributed by atoms with Crippen LogP contribution in [0, 0.1) is 0 Å². The van der Waals surface area contributed by atoms with Crippen LogP contribution in [0.2, 0.25) is 0 Å². The Hall–Kier alpha value is -2.71. The molecule has 1 amide bonds. The molecule has 0 bridgehead atoms. The van der Waals surface area contributed by atoms with Gasteiger partial charge in [0.05, 0.1) is 22.5 Å². The lowest BCUT2D eigenvalue weighted by molar-refractivity contribution is 0.0949. The summed E-state index contributed by atoms with van der Waals surface area (Å²) < 4.78 is 26.6. The molecule has 3 rings (SSSR count). The normalized spacial score (nSPS) is 11.8. The molecule has 142 valence electrons. The molecule has 0 spiro atoms. The molecular formula is C19H22N4O3S. The smallest absolute Gasteiger partial charge is 0.251 e. The molecule has 27 heavy (non-hydrogen) atoms. The van der Waals surface area contributed by atoms with Crippen LogP contribution in [-0.4, -0.2) is 41.7 Å². The molecule has 1 heterocycles. The topological polar surface area (TPSA) is 95.2 Å². The lowest BCUT2D eigenvalue weighted by atomic mass is 10.2. The van der Waals surface area contributed by atoms with Gasteiger partial charge in [0.2, 0.25) is 10.0 Å². The van der Waals surface area contributed by atoms with Crippen LogP contribution in [0.5, 0.6) is 0 Å². The standard InChI is InChI=1S/C19H22N4O3S/c1-3-23(4-2)27(25,26)15-9-7-8-14(12-15)19(24)20-13-18-21-16-10-5-6-11-17(16)22-18/h5-12H,3-4,13H2,1-2H3,(H,20,24)(H,21,22). The Morgan fingerprint density at radius 2 is 1.85 bits per heavy atom. The fourth-order valence-corrected chi connectivity index (χ4v) is 4.37. The monoisotopic (exact) mass is 386 g/mol. The van der Waals surface area contributed by atoms with Crippen LogP contribution in [0.4, 0.5) is 0 Å². The van der Waals surface area contributed by atoms with E-state index in [0.717, 1.165) is 11.0 Å². The minimum absolute atomic E-state index is 0.114. The summed E-state index contributed by atoms with van der Waals surface area (Å²) in [6, 6.07) is 13.7. The van der Waals surface area contributed by atoms with Gasteiger partial charge < -0.3 is 10.3 Å². The van der Waals surface area contributed by atoms with E-state index in [9.17, 15) is 13.2 Å². The maximum atomic E-state index is 12.6. The van der Waals surface area contributed by atoms with Crippen LogP contribution in [0.15, 0.2) is 53.4 Å². The number of carbonyl (C=O) groups excluding carboxylic acids is 1. The van der Waals surface area contributed by atoms with Crippen molar-refractivity contribution in [1.82, 2.24) is 19.6 Å². The first kappa shape index (κ1) is 19.1. The molecular weight excluding hydrogens is 364 g/mol. The van der Waals surface area contributed by atoms with Crippen LogP contribution in [0.25, 0.3) is 11.0 Å². The molecule has 0 atom stereocenters. The van der Waals surface area contributed by atoms with E-state index in [1.54, 1.807) is 26.0 Å². The van der Waals surface area contributed by atoms with Crippen molar-refractivity contribution in [3.8, 4) is 0 Å². The van der Waals surface area contributed by atoms with Gasteiger partial charge in [-0.2, -0.15) is 4.31 Å². The number of rotatable bonds is 7. The lowest BCUT2D eigenvalue weighted by Crippen LogP contribution is -2.31. The van der Waals surface area contributed by atoms with Crippen molar-refractivity contribution >= 4 is 27.0 Å². The molecule has 3 aromatic rings. The van der Waals surface area contributed by atoms with Gasteiger partial charge in [0.25, 0.3) is 5.91 Å². The van der Waals surface area contributed by atoms with E-state index in [1.807, 2.05) is 24.3 Å². The number of hydrogen-bond donors (Lipinski definition) is 2. The highest BCUT2D eigenvalue weighted by atomic mass is 32.2. The highest BCUT2D eigenvalue weighted by Gasteiger charge is 2.22. The molecule has 0 radical (unpaired) electrons. The number of hydrogen-bond acceptors (Lipinski definition) is 4. The lowest BCUT2D eigenvalue weighted by Gasteiger charge is -2.18. The maximum absolute atomic E-state index is 12.6. The number of nitrogens with one attached hydrogen (secondary N) is 2. The minimum atomic E-state index is -3.61. The summed E-state index contributed by atoms with van der Waals surface area (Å²) in [4.78, 5) is 20.1. The third kappa shape index (κ3) is 4.01. The number of fused-ring (bicyclic) bond motifs is 1. The van der Waals surface area contributed by atoms with Crippen molar-refractivity contribution < 1.29 is 13.2 Å². The molecule has 0 fully saturated rings. The summed E-state index contributed by atoms with van der Waals surface area (Å²) in [7, 11) is -3.61. The van der Waals surface area contributed by atoms with Crippen LogP contribution in [-0.2, 0) is 16.6 Å². The number of carbonyl (C=O) groups is 1. The summed E-state index contributed by atoms with van der Waals surface area (Å²) >= 11 is 0. The molecule has 0 aliphatic heterocycles. The zero-order valence-corrected chi connectivity index (χ0v) is 16.1. The number of sulfonamides is 1. The van der Waals surface area contributed by atoms with Crippen molar-refractivity contribution in [2.75, 3.05) is 13.1 Å². The Kier molecular flexibility index (Phi) is 5.57. The largest absolute Gasteiger partial charge is 0.345 e. The highest BCUT2D eigenvalue weighted by Crippen LogP contribution is 2.17. The third-order valence-corrected chi connectivity index (χ3v) is 6.34. The Morgan fingerprint density at radius 1 is 1.11 bits per heavy atom. The molecule has 2 aromatic carbocycles. The second-order valence-electron chi connectivity index (χ2n) is 6.00. The van der Waals surface area contributed by atoms with Crippen molar-refractivity contribution in [2.45, 2.75) is 25.3 Å². The number of para-hydroxylation sites is 2. The summed E-state index contributed by atoms with van der Waals surface area (Å²) in [5.41, 5.74) is 2.02. The van der Waals surface area contributed by atoms with Gasteiger partial charge in [-0.25, -0.2) is 13.4 Å². The van der Waals surface area contributed by atoms with E-state index in [4.69, 9.17) is 0 Å². The van der Waals surface area contributed by atoms with Gasteiger partial charge in [-0.05, 0) is 30.3 Å². The SMILES string of the molecule is CCN(CC)S(=O)(=O)c1cccc(C(=O)NCc2nc3ccccc3[nH]2)c1. The molecule has 8 heteroatoms. The quantitative estimate of drug-likeness (QED) is 0.652. The van der Waals surface area contributed by atoms with E-state index in [2.05, 4.69) is 15.3 Å². The number of aromatic nitrogens is 2. The maximum Gasteiger partial charge on any atom is 0.251 e. The van der Waals surface area contributed by atoms with Crippen molar-refractivity contribution in [2.24, 2.45) is 0 Å². The predicted molar refractivity (Wildman–Crippen MR) is 104 cm³/mol. The second kappa shape index (κ2) is 7.89. The molecule has 0 unspecified atom stereocenters. The first-order valence-corrected chi connectivity index (χ1v) is 10.2. The van der Waals surface area contributed by atoms with Crippen molar-refractivity contribution in [3.05, 3.63) is 59.9 Å². The Labute approximate surface area is 158 Å². The first-order valence-electron chi connectivity index (χ1n) is 8.77. The molecule has 2 N–H and O–H groups in total. The molecule has 0 saturated heterocycles. The first-order chi connectivity index (χ1) is 13.0. The van der Waals surface area contributed by atoms with E-state index < -0.39 is 10.0 Å². The van der Waals surface area contributed by atoms with Gasteiger partial charge >= 0.3 is 0 Å². The molecule has 7 nitrogen and oxygen atoms in total. The van der Waals surface area contributed by atoms with E-state index in [-0.39, 0.29) is 17.3 Å². The van der Waals surface area contributed by atoms with Gasteiger partial charge in [-0.1, -0.05) is 32.0 Å². The summed E-state index contributed by atoms with van der Waals surface area (Å²) in [5, 5.41) is 2.77. The fourth-order valence-electron chi connectivity index (χ4n) is 2.87. The highest BCUT2D eigenvalue weighted by molar-refractivity contribution is 7.89. The molecule has 0 aliphatic carbocycles. The van der Waals surface area contributed by atoms with Crippen LogP contribution in [0.3, 0.4) is 0 Å². The number of nitrogens with zero attached hydrogens (tertiary/aromatic N) is 2. The molecule has 0 saturated carbocycles. The Balaban J connectivity index is 1.75. The number of benzene rings is 2. The Bertz CT molecular complexity index is 1020. The third-order valence-electron chi connectivity index (χ3n) is 4.29. The number of amides is 1. The average Bonchev–Trinajstić information content (AvgIpc) is 3.10. The van der Waals surface area contributed by atoms with Crippen molar-refractivity contribution in [3.63, 3.8) is 0 Å². The number of H-pyrrole nitrogens is 1. The number of aromatic amines is 1. The van der Waals surface area contributed by atoms with E-state index in [0.29, 0.717) is 24.5 Å². The number of imidazole rings is 1. The van der Waals surface area contributed by atoms with Gasteiger partial charge in [0.1, 0.15) is 5.82 Å². The Morgan fingerprint density at radius 3 is 2.56 bits per heavy atom. The summed E-state index contributed by atoms with van der Waals surface area (Å²) in [5.74, 6) is 0.281. The van der Waals surface area contributed by atoms with Gasteiger partial charge in [-0.15, -0.1) is 0 Å². The van der Waals surface area contributed by atoms with Crippen LogP contribution < -0.4 is 5.32 Å². The van der Waals surface area contributed by atoms with Gasteiger partial charge in [-0.3, -0.25) is 4.79 Å². The van der Waals surface area contributed by atoms with Gasteiger partial charge in [0, 0.05) is 18.7 Å². The van der Waals surface area contributed by atoms with Gasteiger partial charge in [0.15, 0.2) is 0 Å². The minimum Gasteiger partial charge on any atom is -0.345 e. The molecule has 0 aliphatic rings.